The maximum Gasteiger partial charge on any atom is 0.308 e. The zero-order valence-electron chi connectivity index (χ0n) is 20.2. The molecule has 190 valence electrons. The molecule has 0 aromatic carbocycles. The van der Waals surface area contributed by atoms with Gasteiger partial charge in [0.1, 0.15) is 5.60 Å². The maximum absolute atomic E-state index is 11.5. The molecule has 0 spiro atoms. The maximum atomic E-state index is 11.5. The van der Waals surface area contributed by atoms with E-state index in [9.17, 15) is 9.59 Å². The summed E-state index contributed by atoms with van der Waals surface area (Å²) in [5, 5.41) is 0. The Hall–Kier alpha value is -1.30. The Bertz CT molecular complexity index is 450. The lowest BCUT2D eigenvalue weighted by molar-refractivity contribution is -0.156. The highest BCUT2D eigenvalue weighted by atomic mass is 16.6. The number of hydrogen-bond donors (Lipinski definition) is 0. The fraction of sp³-hybridized carbons (Fsp3) is 0.909. The van der Waals surface area contributed by atoms with E-state index in [0.29, 0.717) is 85.9 Å². The average Bonchev–Trinajstić information content (AvgIpc) is 2.71. The third kappa shape index (κ3) is 25.0. The van der Waals surface area contributed by atoms with Crippen molar-refractivity contribution in [1.29, 1.82) is 0 Å². The van der Waals surface area contributed by atoms with E-state index in [2.05, 4.69) is 0 Å². The molecule has 0 aliphatic heterocycles. The fourth-order valence-electron chi connectivity index (χ4n) is 2.14. The Kier molecular flexibility index (Phi) is 20.7. The predicted molar refractivity (Wildman–Crippen MR) is 117 cm³/mol. The van der Waals surface area contributed by atoms with E-state index < -0.39 is 5.60 Å². The molecule has 0 aliphatic rings. The smallest absolute Gasteiger partial charge is 0.308 e. The molecule has 0 bridgehead atoms. The predicted octanol–water partition coefficient (Wildman–Crippen LogP) is 1.77. The van der Waals surface area contributed by atoms with Crippen molar-refractivity contribution in [2.45, 2.75) is 46.1 Å². The minimum Gasteiger partial charge on any atom is -0.466 e. The molecular weight excluding hydrogens is 424 g/mol. The molecule has 0 aliphatic carbocycles. The number of esters is 2. The summed E-state index contributed by atoms with van der Waals surface area (Å²) in [4.78, 5) is 22.6. The Morgan fingerprint density at radius 3 is 1.16 bits per heavy atom. The minimum absolute atomic E-state index is 0.232. The number of hydrogen-bond acceptors (Lipinski definition) is 10. The number of ether oxygens (including phenoxy) is 8. The summed E-state index contributed by atoms with van der Waals surface area (Å²) in [5.74, 6) is -0.519. The van der Waals surface area contributed by atoms with E-state index in [1.54, 1.807) is 6.92 Å². The summed E-state index contributed by atoms with van der Waals surface area (Å²) in [6, 6.07) is 0. The minimum atomic E-state index is -0.470. The lowest BCUT2D eigenvalue weighted by Gasteiger charge is -2.19. The normalized spacial score (nSPS) is 11.5. The second-order valence-electron chi connectivity index (χ2n) is 7.57. The van der Waals surface area contributed by atoms with Crippen LogP contribution >= 0.6 is 0 Å². The van der Waals surface area contributed by atoms with Gasteiger partial charge in [-0.1, -0.05) is 0 Å². The Labute approximate surface area is 192 Å². The zero-order chi connectivity index (χ0) is 23.9. The SMILES string of the molecule is CCOC(=O)CCOCCOCCOCCOCCOCCOCCC(=O)OC(C)(C)C. The van der Waals surface area contributed by atoms with Crippen LogP contribution < -0.4 is 0 Å². The summed E-state index contributed by atoms with van der Waals surface area (Å²) < 4.78 is 42.1. The molecule has 0 heterocycles. The first-order chi connectivity index (χ1) is 15.3. The first-order valence-electron chi connectivity index (χ1n) is 11.2. The van der Waals surface area contributed by atoms with Gasteiger partial charge >= 0.3 is 11.9 Å². The van der Waals surface area contributed by atoms with Gasteiger partial charge in [-0.2, -0.15) is 0 Å². The van der Waals surface area contributed by atoms with Crippen molar-refractivity contribution in [3.8, 4) is 0 Å². The molecule has 0 aromatic heterocycles. The molecule has 0 amide bonds. The van der Waals surface area contributed by atoms with Gasteiger partial charge < -0.3 is 37.9 Å². The van der Waals surface area contributed by atoms with Gasteiger partial charge in [-0.25, -0.2) is 0 Å². The monoisotopic (exact) mass is 466 g/mol. The second kappa shape index (κ2) is 21.5. The Balaban J connectivity index is 3.15. The van der Waals surface area contributed by atoms with Crippen LogP contribution in [0.1, 0.15) is 40.5 Å². The molecule has 0 fully saturated rings. The molecule has 0 saturated carbocycles. The van der Waals surface area contributed by atoms with Crippen molar-refractivity contribution in [3.05, 3.63) is 0 Å². The summed E-state index contributed by atoms with van der Waals surface area (Å²) in [6.45, 7) is 12.9. The van der Waals surface area contributed by atoms with Crippen molar-refractivity contribution >= 4 is 11.9 Å². The van der Waals surface area contributed by atoms with Crippen molar-refractivity contribution in [2.24, 2.45) is 0 Å². The molecular formula is C22H42O10. The van der Waals surface area contributed by atoms with E-state index in [-0.39, 0.29) is 24.8 Å². The zero-order valence-corrected chi connectivity index (χ0v) is 20.2. The van der Waals surface area contributed by atoms with Crippen LogP contribution in [0.3, 0.4) is 0 Å². The van der Waals surface area contributed by atoms with Crippen LogP contribution in [0.4, 0.5) is 0 Å². The molecule has 0 unspecified atom stereocenters. The number of rotatable bonds is 22. The van der Waals surface area contributed by atoms with Gasteiger partial charge in [0.15, 0.2) is 0 Å². The molecule has 10 heteroatoms. The highest BCUT2D eigenvalue weighted by Gasteiger charge is 2.15. The number of carbonyl (C=O) groups is 2. The van der Waals surface area contributed by atoms with Crippen LogP contribution in [0.15, 0.2) is 0 Å². The van der Waals surface area contributed by atoms with Crippen LogP contribution in [0.25, 0.3) is 0 Å². The molecule has 10 nitrogen and oxygen atoms in total. The third-order valence-electron chi connectivity index (χ3n) is 3.49. The summed E-state index contributed by atoms with van der Waals surface area (Å²) >= 11 is 0. The van der Waals surface area contributed by atoms with Crippen molar-refractivity contribution < 1.29 is 47.5 Å². The topological polar surface area (TPSA) is 108 Å². The third-order valence-corrected chi connectivity index (χ3v) is 3.49. The number of carbonyl (C=O) groups excluding carboxylic acids is 2. The van der Waals surface area contributed by atoms with Crippen LogP contribution in [-0.2, 0) is 47.5 Å². The van der Waals surface area contributed by atoms with E-state index in [4.69, 9.17) is 37.9 Å². The van der Waals surface area contributed by atoms with Crippen molar-refractivity contribution in [2.75, 3.05) is 85.9 Å². The van der Waals surface area contributed by atoms with Crippen molar-refractivity contribution in [3.63, 3.8) is 0 Å². The summed E-state index contributed by atoms with van der Waals surface area (Å²) in [7, 11) is 0. The molecule has 0 atom stereocenters. The molecule has 0 N–H and O–H groups in total. The first-order valence-corrected chi connectivity index (χ1v) is 11.2. The van der Waals surface area contributed by atoms with Crippen LogP contribution in [0.2, 0.25) is 0 Å². The van der Waals surface area contributed by atoms with Crippen LogP contribution in [-0.4, -0.2) is 103 Å². The molecule has 0 rings (SSSR count). The molecule has 0 radical (unpaired) electrons. The van der Waals surface area contributed by atoms with Gasteiger partial charge in [-0.3, -0.25) is 9.59 Å². The quantitative estimate of drug-likeness (QED) is 0.173. The van der Waals surface area contributed by atoms with E-state index in [0.717, 1.165) is 0 Å². The molecule has 32 heavy (non-hydrogen) atoms. The molecule has 0 saturated heterocycles. The van der Waals surface area contributed by atoms with Gasteiger partial charge in [-0.05, 0) is 27.7 Å². The highest BCUT2D eigenvalue weighted by Crippen LogP contribution is 2.08. The molecule has 0 aromatic rings. The van der Waals surface area contributed by atoms with Gasteiger partial charge in [0.2, 0.25) is 0 Å². The van der Waals surface area contributed by atoms with Gasteiger partial charge in [0, 0.05) is 0 Å². The van der Waals surface area contributed by atoms with E-state index in [1.807, 2.05) is 20.8 Å². The van der Waals surface area contributed by atoms with E-state index in [1.165, 1.54) is 0 Å². The Morgan fingerprint density at radius 1 is 0.531 bits per heavy atom. The Morgan fingerprint density at radius 2 is 0.844 bits per heavy atom. The van der Waals surface area contributed by atoms with Gasteiger partial charge in [-0.15, -0.1) is 0 Å². The lowest BCUT2D eigenvalue weighted by atomic mass is 10.2. The second-order valence-corrected chi connectivity index (χ2v) is 7.57. The standard InChI is InChI=1S/C22H42O10/c1-5-31-20(23)6-8-25-10-12-27-14-16-29-18-19-30-17-15-28-13-11-26-9-7-21(24)32-22(2,3)4/h5-19H2,1-4H3. The largest absolute Gasteiger partial charge is 0.466 e. The highest BCUT2D eigenvalue weighted by molar-refractivity contribution is 5.70. The average molecular weight is 467 g/mol. The van der Waals surface area contributed by atoms with Gasteiger partial charge in [0.05, 0.1) is 98.7 Å². The van der Waals surface area contributed by atoms with Gasteiger partial charge in [0.25, 0.3) is 0 Å². The fourth-order valence-corrected chi connectivity index (χ4v) is 2.14. The van der Waals surface area contributed by atoms with Crippen LogP contribution in [0, 0.1) is 0 Å². The van der Waals surface area contributed by atoms with Crippen LogP contribution in [0.5, 0.6) is 0 Å². The summed E-state index contributed by atoms with van der Waals surface area (Å²) in [6.07, 6.45) is 0.488. The summed E-state index contributed by atoms with van der Waals surface area (Å²) in [5.41, 5.74) is -0.470. The van der Waals surface area contributed by atoms with E-state index >= 15 is 0 Å². The lowest BCUT2D eigenvalue weighted by Crippen LogP contribution is -2.24. The first kappa shape index (κ1) is 30.7. The van der Waals surface area contributed by atoms with Crippen molar-refractivity contribution in [1.82, 2.24) is 0 Å².